The average molecular weight is 313 g/mol. The van der Waals surface area contributed by atoms with Gasteiger partial charge in [0, 0.05) is 4.90 Å². The van der Waals surface area contributed by atoms with Gasteiger partial charge in [-0.1, -0.05) is 47.5 Å². The summed E-state index contributed by atoms with van der Waals surface area (Å²) in [5.41, 5.74) is 3.59. The number of carbonyl (C=O) groups is 1. The summed E-state index contributed by atoms with van der Waals surface area (Å²) < 4.78 is 0. The van der Waals surface area contributed by atoms with E-state index >= 15 is 0 Å². The maximum absolute atomic E-state index is 12.3. The summed E-state index contributed by atoms with van der Waals surface area (Å²) >= 11 is 1.59. The van der Waals surface area contributed by atoms with Crippen molar-refractivity contribution in [3.05, 3.63) is 65.2 Å². The van der Waals surface area contributed by atoms with Crippen molar-refractivity contribution in [2.75, 3.05) is 0 Å². The molecule has 0 aliphatic heterocycles. The molecule has 2 aromatic carbocycles. The molecular formula is C19H23NOS. The average Bonchev–Trinajstić information content (AvgIpc) is 2.50. The van der Waals surface area contributed by atoms with Gasteiger partial charge >= 0.3 is 0 Å². The number of hydrogen-bond donors (Lipinski definition) is 1. The van der Waals surface area contributed by atoms with Gasteiger partial charge in [-0.15, -0.1) is 11.8 Å². The van der Waals surface area contributed by atoms with Gasteiger partial charge < -0.3 is 5.32 Å². The van der Waals surface area contributed by atoms with Crippen LogP contribution in [0.5, 0.6) is 0 Å². The molecule has 0 aromatic heterocycles. The van der Waals surface area contributed by atoms with Crippen molar-refractivity contribution >= 4 is 17.7 Å². The quantitative estimate of drug-likeness (QED) is 0.813. The molecule has 1 N–H and O–H groups in total. The number of carbonyl (C=O) groups excluding carboxylic acids is 1. The van der Waals surface area contributed by atoms with Crippen LogP contribution in [0.2, 0.25) is 0 Å². The molecule has 1 amide bonds. The third-order valence-electron chi connectivity index (χ3n) is 3.64. The van der Waals surface area contributed by atoms with E-state index in [0.717, 1.165) is 10.5 Å². The minimum Gasteiger partial charge on any atom is -0.349 e. The first-order valence-electron chi connectivity index (χ1n) is 7.56. The molecule has 0 saturated heterocycles. The van der Waals surface area contributed by atoms with Gasteiger partial charge in [-0.3, -0.25) is 4.79 Å². The summed E-state index contributed by atoms with van der Waals surface area (Å²) in [5, 5.41) is 2.97. The molecule has 0 bridgehead atoms. The molecule has 0 fully saturated rings. The van der Waals surface area contributed by atoms with Crippen LogP contribution in [0, 0.1) is 13.8 Å². The fourth-order valence-corrected chi connectivity index (χ4v) is 3.02. The first-order chi connectivity index (χ1) is 10.5. The van der Waals surface area contributed by atoms with E-state index in [1.54, 1.807) is 11.8 Å². The zero-order chi connectivity index (χ0) is 16.1. The Morgan fingerprint density at radius 2 is 1.41 bits per heavy atom. The van der Waals surface area contributed by atoms with Crippen LogP contribution >= 0.6 is 11.8 Å². The van der Waals surface area contributed by atoms with Gasteiger partial charge in [-0.05, 0) is 45.4 Å². The fourth-order valence-electron chi connectivity index (χ4n) is 2.14. The second-order valence-corrected chi connectivity index (χ2v) is 7.13. The second-order valence-electron chi connectivity index (χ2n) is 5.71. The molecule has 0 aliphatic rings. The third-order valence-corrected chi connectivity index (χ3v) is 4.75. The summed E-state index contributed by atoms with van der Waals surface area (Å²) in [4.78, 5) is 13.5. The molecule has 116 valence electrons. The number of aryl methyl sites for hydroxylation is 2. The minimum absolute atomic E-state index is 0.0224. The maximum atomic E-state index is 12.3. The maximum Gasteiger partial charge on any atom is 0.233 e. The van der Waals surface area contributed by atoms with Crippen molar-refractivity contribution < 1.29 is 4.79 Å². The predicted octanol–water partition coefficient (Wildman–Crippen LogP) is 4.66. The van der Waals surface area contributed by atoms with Crippen molar-refractivity contribution in [2.45, 2.75) is 43.9 Å². The molecule has 2 atom stereocenters. The molecule has 2 aromatic rings. The van der Waals surface area contributed by atoms with Crippen molar-refractivity contribution in [1.82, 2.24) is 5.32 Å². The van der Waals surface area contributed by atoms with E-state index in [4.69, 9.17) is 0 Å². The molecule has 0 aliphatic carbocycles. The van der Waals surface area contributed by atoms with Crippen LogP contribution in [0.1, 0.15) is 36.6 Å². The largest absolute Gasteiger partial charge is 0.349 e. The number of amides is 1. The van der Waals surface area contributed by atoms with Gasteiger partial charge in [0.25, 0.3) is 0 Å². The van der Waals surface area contributed by atoms with E-state index in [1.165, 1.54) is 11.1 Å². The first-order valence-corrected chi connectivity index (χ1v) is 8.44. The van der Waals surface area contributed by atoms with E-state index in [9.17, 15) is 4.79 Å². The highest BCUT2D eigenvalue weighted by atomic mass is 32.2. The standard InChI is InChI=1S/C19H23NOS/c1-13-5-9-17(10-6-13)15(3)20-19(21)16(4)22-18-11-7-14(2)8-12-18/h5-12,15-16H,1-4H3,(H,20,21). The van der Waals surface area contributed by atoms with Crippen LogP contribution in [-0.2, 0) is 4.79 Å². The van der Waals surface area contributed by atoms with Crippen molar-refractivity contribution in [3.63, 3.8) is 0 Å². The molecule has 22 heavy (non-hydrogen) atoms. The summed E-state index contributed by atoms with van der Waals surface area (Å²) in [6.45, 7) is 8.09. The smallest absolute Gasteiger partial charge is 0.233 e. The zero-order valence-corrected chi connectivity index (χ0v) is 14.4. The Hall–Kier alpha value is -1.74. The highest BCUT2D eigenvalue weighted by molar-refractivity contribution is 8.00. The minimum atomic E-state index is -0.115. The van der Waals surface area contributed by atoms with Gasteiger partial charge in [-0.25, -0.2) is 0 Å². The fraction of sp³-hybridized carbons (Fsp3) is 0.316. The van der Waals surface area contributed by atoms with Crippen LogP contribution in [0.4, 0.5) is 0 Å². The number of benzene rings is 2. The topological polar surface area (TPSA) is 29.1 Å². The molecule has 0 radical (unpaired) electrons. The summed E-state index contributed by atoms with van der Waals surface area (Å²) in [7, 11) is 0. The lowest BCUT2D eigenvalue weighted by molar-refractivity contribution is -0.120. The molecule has 0 spiro atoms. The van der Waals surface area contributed by atoms with Crippen LogP contribution in [0.25, 0.3) is 0 Å². The molecular weight excluding hydrogens is 290 g/mol. The summed E-state index contributed by atoms with van der Waals surface area (Å²) in [6, 6.07) is 16.6. The molecule has 2 nitrogen and oxygen atoms in total. The monoisotopic (exact) mass is 313 g/mol. The van der Waals surface area contributed by atoms with Crippen molar-refractivity contribution in [2.24, 2.45) is 0 Å². The molecule has 0 saturated carbocycles. The lowest BCUT2D eigenvalue weighted by Gasteiger charge is -2.18. The molecule has 2 rings (SSSR count). The van der Waals surface area contributed by atoms with Crippen LogP contribution in [0.15, 0.2) is 53.4 Å². The Balaban J connectivity index is 1.93. The van der Waals surface area contributed by atoms with Gasteiger partial charge in [0.1, 0.15) is 0 Å². The van der Waals surface area contributed by atoms with E-state index in [2.05, 4.69) is 67.7 Å². The Bertz CT molecular complexity index is 619. The number of nitrogens with one attached hydrogen (secondary N) is 1. The van der Waals surface area contributed by atoms with E-state index in [1.807, 2.05) is 13.8 Å². The Morgan fingerprint density at radius 3 is 1.95 bits per heavy atom. The van der Waals surface area contributed by atoms with Gasteiger partial charge in [-0.2, -0.15) is 0 Å². The third kappa shape index (κ3) is 4.63. The zero-order valence-electron chi connectivity index (χ0n) is 13.6. The van der Waals surface area contributed by atoms with Crippen LogP contribution < -0.4 is 5.32 Å². The number of rotatable bonds is 5. The second kappa shape index (κ2) is 7.50. The van der Waals surface area contributed by atoms with E-state index < -0.39 is 0 Å². The lowest BCUT2D eigenvalue weighted by atomic mass is 10.1. The molecule has 2 unspecified atom stereocenters. The van der Waals surface area contributed by atoms with Gasteiger partial charge in [0.15, 0.2) is 0 Å². The SMILES string of the molecule is Cc1ccc(SC(C)C(=O)NC(C)c2ccc(C)cc2)cc1. The van der Waals surface area contributed by atoms with Gasteiger partial charge in [0.05, 0.1) is 11.3 Å². The normalized spacial score (nSPS) is 13.5. The van der Waals surface area contributed by atoms with Gasteiger partial charge in [0.2, 0.25) is 5.91 Å². The van der Waals surface area contributed by atoms with Crippen molar-refractivity contribution in [1.29, 1.82) is 0 Å². The predicted molar refractivity (Wildman–Crippen MR) is 94.2 cm³/mol. The highest BCUT2D eigenvalue weighted by Crippen LogP contribution is 2.24. The Morgan fingerprint density at radius 1 is 0.909 bits per heavy atom. The molecule has 0 heterocycles. The Labute approximate surface area is 137 Å². The van der Waals surface area contributed by atoms with Crippen LogP contribution in [-0.4, -0.2) is 11.2 Å². The lowest BCUT2D eigenvalue weighted by Crippen LogP contribution is -2.33. The van der Waals surface area contributed by atoms with E-state index in [-0.39, 0.29) is 17.2 Å². The summed E-state index contributed by atoms with van der Waals surface area (Å²) in [5.74, 6) is 0.0682. The first kappa shape index (κ1) is 16.6. The number of thioether (sulfide) groups is 1. The Kier molecular flexibility index (Phi) is 5.67. The van der Waals surface area contributed by atoms with Crippen LogP contribution in [0.3, 0.4) is 0 Å². The summed E-state index contributed by atoms with van der Waals surface area (Å²) in [6.07, 6.45) is 0. The molecule has 3 heteroatoms. The van der Waals surface area contributed by atoms with E-state index in [0.29, 0.717) is 0 Å². The number of hydrogen-bond acceptors (Lipinski definition) is 2. The van der Waals surface area contributed by atoms with Crippen molar-refractivity contribution in [3.8, 4) is 0 Å². The highest BCUT2D eigenvalue weighted by Gasteiger charge is 2.17.